The van der Waals surface area contributed by atoms with Crippen molar-refractivity contribution in [3.63, 3.8) is 0 Å². The molecule has 0 aliphatic rings. The van der Waals surface area contributed by atoms with Gasteiger partial charge in [0, 0.05) is 27.4 Å². The summed E-state index contributed by atoms with van der Waals surface area (Å²) in [5.74, 6) is 0. The molecule has 4 heteroatoms. The summed E-state index contributed by atoms with van der Waals surface area (Å²) in [5.41, 5.74) is 2.49. The Hall–Kier alpha value is -0.710. The summed E-state index contributed by atoms with van der Waals surface area (Å²) in [6, 6.07) is 10.8. The summed E-state index contributed by atoms with van der Waals surface area (Å²) in [6.45, 7) is 0. The first kappa shape index (κ1) is 13.7. The number of nitrogens with one attached hydrogen (secondary N) is 1. The summed E-state index contributed by atoms with van der Waals surface area (Å²) in [7, 11) is 1.98. The van der Waals surface area contributed by atoms with Gasteiger partial charge in [-0.05, 0) is 58.7 Å². The van der Waals surface area contributed by atoms with Crippen LogP contribution in [0.2, 0.25) is 0 Å². The predicted molar refractivity (Wildman–Crippen MR) is 81.6 cm³/mol. The number of hydrogen-bond donors (Lipinski definition) is 1. The lowest BCUT2D eigenvalue weighted by atomic mass is 10.0. The van der Waals surface area contributed by atoms with Crippen LogP contribution in [-0.4, -0.2) is 12.0 Å². The molecule has 0 aliphatic carbocycles. The fourth-order valence-corrected chi connectivity index (χ4v) is 2.51. The second-order valence-corrected chi connectivity index (χ2v) is 5.94. The van der Waals surface area contributed by atoms with Crippen LogP contribution in [0.25, 0.3) is 0 Å². The van der Waals surface area contributed by atoms with Gasteiger partial charge in [0.25, 0.3) is 0 Å². The van der Waals surface area contributed by atoms with Crippen molar-refractivity contribution >= 4 is 31.9 Å². The molecule has 1 heterocycles. The average molecular weight is 370 g/mol. The van der Waals surface area contributed by atoms with E-state index in [-0.39, 0.29) is 6.04 Å². The molecule has 2 rings (SSSR count). The number of likely N-dealkylation sites (N-methyl/N-ethyl adjacent to an activating group) is 1. The van der Waals surface area contributed by atoms with Gasteiger partial charge in [0.15, 0.2) is 0 Å². The second kappa shape index (κ2) is 6.45. The average Bonchev–Trinajstić information content (AvgIpc) is 2.38. The first-order valence-electron chi connectivity index (χ1n) is 5.71. The largest absolute Gasteiger partial charge is 0.313 e. The van der Waals surface area contributed by atoms with Gasteiger partial charge in [-0.3, -0.25) is 4.98 Å². The van der Waals surface area contributed by atoms with Gasteiger partial charge in [-0.1, -0.05) is 28.1 Å². The van der Waals surface area contributed by atoms with E-state index < -0.39 is 0 Å². The molecule has 0 saturated carbocycles. The zero-order valence-corrected chi connectivity index (χ0v) is 13.2. The van der Waals surface area contributed by atoms with E-state index >= 15 is 0 Å². The lowest BCUT2D eigenvalue weighted by Gasteiger charge is -2.16. The van der Waals surface area contributed by atoms with Gasteiger partial charge in [-0.15, -0.1) is 0 Å². The number of benzene rings is 1. The van der Waals surface area contributed by atoms with Crippen molar-refractivity contribution in [2.45, 2.75) is 12.5 Å². The molecule has 0 aliphatic heterocycles. The van der Waals surface area contributed by atoms with E-state index in [0.29, 0.717) is 0 Å². The van der Waals surface area contributed by atoms with E-state index in [4.69, 9.17) is 0 Å². The van der Waals surface area contributed by atoms with Crippen LogP contribution in [0, 0.1) is 0 Å². The fraction of sp³-hybridized carbons (Fsp3) is 0.214. The molecule has 18 heavy (non-hydrogen) atoms. The third-order valence-corrected chi connectivity index (χ3v) is 3.79. The van der Waals surface area contributed by atoms with Crippen LogP contribution in [0.1, 0.15) is 17.2 Å². The van der Waals surface area contributed by atoms with Gasteiger partial charge in [-0.2, -0.15) is 0 Å². The highest BCUT2D eigenvalue weighted by atomic mass is 79.9. The molecule has 1 atom stereocenters. The molecule has 2 nitrogen and oxygen atoms in total. The third kappa shape index (κ3) is 3.64. The van der Waals surface area contributed by atoms with E-state index in [1.807, 2.05) is 13.2 Å². The Kier molecular flexibility index (Phi) is 4.92. The van der Waals surface area contributed by atoms with Crippen LogP contribution in [0.3, 0.4) is 0 Å². The van der Waals surface area contributed by atoms with Crippen molar-refractivity contribution in [2.24, 2.45) is 0 Å². The topological polar surface area (TPSA) is 24.9 Å². The number of halogens is 2. The van der Waals surface area contributed by atoms with Crippen molar-refractivity contribution < 1.29 is 0 Å². The highest BCUT2D eigenvalue weighted by molar-refractivity contribution is 9.10. The molecular formula is C14H14Br2N2. The lowest BCUT2D eigenvalue weighted by molar-refractivity contribution is 0.589. The van der Waals surface area contributed by atoms with E-state index in [2.05, 4.69) is 72.5 Å². The van der Waals surface area contributed by atoms with Gasteiger partial charge in [0.2, 0.25) is 0 Å². The van der Waals surface area contributed by atoms with E-state index in [1.165, 1.54) is 11.1 Å². The fourth-order valence-electron chi connectivity index (χ4n) is 1.86. The molecular weight excluding hydrogens is 356 g/mol. The molecule has 0 spiro atoms. The molecule has 0 bridgehead atoms. The normalized spacial score (nSPS) is 12.4. The van der Waals surface area contributed by atoms with Crippen LogP contribution >= 0.6 is 31.9 Å². The van der Waals surface area contributed by atoms with E-state index in [0.717, 1.165) is 15.4 Å². The molecule has 0 fully saturated rings. The van der Waals surface area contributed by atoms with Gasteiger partial charge in [0.05, 0.1) is 0 Å². The maximum Gasteiger partial charge on any atom is 0.0410 e. The minimum atomic E-state index is 0.274. The van der Waals surface area contributed by atoms with E-state index in [9.17, 15) is 0 Å². The van der Waals surface area contributed by atoms with Crippen molar-refractivity contribution in [1.29, 1.82) is 0 Å². The summed E-state index contributed by atoms with van der Waals surface area (Å²) in [4.78, 5) is 4.21. The lowest BCUT2D eigenvalue weighted by Crippen LogP contribution is -2.19. The Bertz CT molecular complexity index is 511. The molecule has 2 aromatic rings. The van der Waals surface area contributed by atoms with E-state index in [1.54, 1.807) is 6.20 Å². The Labute approximate surface area is 124 Å². The van der Waals surface area contributed by atoms with Crippen molar-refractivity contribution in [3.8, 4) is 0 Å². The first-order valence-corrected chi connectivity index (χ1v) is 7.30. The molecule has 0 radical (unpaired) electrons. The number of aromatic nitrogens is 1. The minimum Gasteiger partial charge on any atom is -0.313 e. The Morgan fingerprint density at radius 2 is 1.83 bits per heavy atom. The quantitative estimate of drug-likeness (QED) is 0.877. The zero-order valence-electron chi connectivity index (χ0n) is 10.0. The number of hydrogen-bond acceptors (Lipinski definition) is 2. The highest BCUT2D eigenvalue weighted by Crippen LogP contribution is 2.21. The van der Waals surface area contributed by atoms with Gasteiger partial charge in [0.1, 0.15) is 0 Å². The zero-order chi connectivity index (χ0) is 13.0. The maximum absolute atomic E-state index is 4.21. The van der Waals surface area contributed by atoms with Crippen LogP contribution in [0.5, 0.6) is 0 Å². The predicted octanol–water partition coefficient (Wildman–Crippen LogP) is 4.11. The Morgan fingerprint density at radius 3 is 2.44 bits per heavy atom. The summed E-state index contributed by atoms with van der Waals surface area (Å²) < 4.78 is 2.12. The smallest absolute Gasteiger partial charge is 0.0410 e. The molecule has 1 aromatic heterocycles. The summed E-state index contributed by atoms with van der Waals surface area (Å²) in [5, 5.41) is 3.34. The van der Waals surface area contributed by atoms with Crippen molar-refractivity contribution in [2.75, 3.05) is 7.05 Å². The SMILES string of the molecule is CNC(Cc1ccc(Br)cc1)c1cncc(Br)c1. The van der Waals surface area contributed by atoms with Gasteiger partial charge in [-0.25, -0.2) is 0 Å². The second-order valence-electron chi connectivity index (χ2n) is 4.11. The molecule has 1 unspecified atom stereocenters. The summed E-state index contributed by atoms with van der Waals surface area (Å²) in [6.07, 6.45) is 4.66. The number of pyridine rings is 1. The number of rotatable bonds is 4. The molecule has 0 saturated heterocycles. The van der Waals surface area contributed by atoms with Crippen LogP contribution in [-0.2, 0) is 6.42 Å². The summed E-state index contributed by atoms with van der Waals surface area (Å²) >= 11 is 6.91. The standard InChI is InChI=1S/C14H14Br2N2/c1-17-14(11-7-13(16)9-18-8-11)6-10-2-4-12(15)5-3-10/h2-5,7-9,14,17H,6H2,1H3. The molecule has 0 amide bonds. The highest BCUT2D eigenvalue weighted by Gasteiger charge is 2.10. The van der Waals surface area contributed by atoms with Gasteiger partial charge < -0.3 is 5.32 Å². The van der Waals surface area contributed by atoms with Crippen LogP contribution in [0.4, 0.5) is 0 Å². The number of nitrogens with zero attached hydrogens (tertiary/aromatic N) is 1. The van der Waals surface area contributed by atoms with Crippen LogP contribution < -0.4 is 5.32 Å². The minimum absolute atomic E-state index is 0.274. The maximum atomic E-state index is 4.21. The monoisotopic (exact) mass is 368 g/mol. The first-order chi connectivity index (χ1) is 8.69. The molecule has 1 N–H and O–H groups in total. The third-order valence-electron chi connectivity index (χ3n) is 2.83. The molecule has 1 aromatic carbocycles. The van der Waals surface area contributed by atoms with Crippen molar-refractivity contribution in [1.82, 2.24) is 10.3 Å². The van der Waals surface area contributed by atoms with Crippen molar-refractivity contribution in [3.05, 3.63) is 62.8 Å². The Balaban J connectivity index is 2.17. The molecule has 94 valence electrons. The van der Waals surface area contributed by atoms with Crippen LogP contribution in [0.15, 0.2) is 51.7 Å². The Morgan fingerprint density at radius 1 is 1.11 bits per heavy atom. The van der Waals surface area contributed by atoms with Gasteiger partial charge >= 0.3 is 0 Å².